The van der Waals surface area contributed by atoms with Crippen molar-refractivity contribution in [2.24, 2.45) is 10.1 Å². The van der Waals surface area contributed by atoms with Gasteiger partial charge in [-0.15, -0.1) is 0 Å². The highest BCUT2D eigenvalue weighted by atomic mass is 32.2. The fraction of sp³-hybridized carbons (Fsp3) is 0.308. The lowest BCUT2D eigenvalue weighted by atomic mass is 9.87. The minimum absolute atomic E-state index is 0.0407. The van der Waals surface area contributed by atoms with Crippen LogP contribution in [0.1, 0.15) is 45.2 Å². The number of nitrogens with zero attached hydrogens (tertiary/aromatic N) is 3. The van der Waals surface area contributed by atoms with Crippen molar-refractivity contribution < 1.29 is 14.3 Å². The predicted molar refractivity (Wildman–Crippen MR) is 138 cm³/mol. The predicted octanol–water partition coefficient (Wildman–Crippen LogP) is 5.47. The van der Waals surface area contributed by atoms with Gasteiger partial charge in [0.1, 0.15) is 29.8 Å². The molecule has 0 saturated carbocycles. The molecule has 0 aromatic heterocycles. The quantitative estimate of drug-likeness (QED) is 0.423. The van der Waals surface area contributed by atoms with Crippen molar-refractivity contribution in [2.45, 2.75) is 39.5 Å². The highest BCUT2D eigenvalue weighted by Gasteiger charge is 2.35. The zero-order valence-corrected chi connectivity index (χ0v) is 20.6. The summed E-state index contributed by atoms with van der Waals surface area (Å²) < 4.78 is 11.5. The Labute approximate surface area is 204 Å². The van der Waals surface area contributed by atoms with Gasteiger partial charge in [0.2, 0.25) is 5.17 Å². The van der Waals surface area contributed by atoms with Gasteiger partial charge in [-0.1, -0.05) is 52.0 Å². The first-order valence-corrected chi connectivity index (χ1v) is 12.0. The number of thioether (sulfide) groups is 1. The van der Waals surface area contributed by atoms with Crippen LogP contribution in [0.15, 0.2) is 64.2 Å². The van der Waals surface area contributed by atoms with E-state index in [4.69, 9.17) is 14.9 Å². The summed E-state index contributed by atoms with van der Waals surface area (Å²) in [6.07, 6.45) is 2.39. The molecule has 8 heteroatoms. The number of carbonyl (C=O) groups is 1. The number of carbonyl (C=O) groups excluding carboxylic acids is 1. The summed E-state index contributed by atoms with van der Waals surface area (Å²) in [6, 6.07) is 15.5. The van der Waals surface area contributed by atoms with Crippen LogP contribution in [0, 0.1) is 5.41 Å². The molecule has 2 aliphatic heterocycles. The SMILES string of the molecule is CCC1=NN2C(=N)C(=Cc3ccc(OCCOc4ccc(C(C)(C)C)cc4)cc3)C(=O)N=C2S1. The van der Waals surface area contributed by atoms with Crippen molar-refractivity contribution in [3.05, 3.63) is 65.2 Å². The van der Waals surface area contributed by atoms with Crippen LogP contribution in [0.3, 0.4) is 0 Å². The van der Waals surface area contributed by atoms with Gasteiger partial charge in [0.05, 0.1) is 5.57 Å². The fourth-order valence-electron chi connectivity index (χ4n) is 3.37. The molecule has 1 amide bonds. The Morgan fingerprint density at radius 3 is 2.15 bits per heavy atom. The van der Waals surface area contributed by atoms with Crippen molar-refractivity contribution in [3.8, 4) is 11.5 Å². The monoisotopic (exact) mass is 476 g/mol. The van der Waals surface area contributed by atoms with Crippen molar-refractivity contribution in [1.82, 2.24) is 5.01 Å². The molecule has 0 radical (unpaired) electrons. The van der Waals surface area contributed by atoms with Crippen molar-refractivity contribution in [3.63, 3.8) is 0 Å². The minimum Gasteiger partial charge on any atom is -0.490 e. The Balaban J connectivity index is 1.31. The van der Waals surface area contributed by atoms with E-state index in [1.807, 2.05) is 43.3 Å². The first kappa shape index (κ1) is 23.8. The number of hydrazone groups is 1. The molecule has 2 aromatic rings. The molecule has 2 aromatic carbocycles. The Bertz CT molecular complexity index is 1180. The highest BCUT2D eigenvalue weighted by molar-refractivity contribution is 8.26. The van der Waals surface area contributed by atoms with Gasteiger partial charge in [-0.3, -0.25) is 10.2 Å². The van der Waals surface area contributed by atoms with Crippen LogP contribution in [0.4, 0.5) is 0 Å². The number of amides is 1. The van der Waals surface area contributed by atoms with E-state index in [1.54, 1.807) is 6.08 Å². The van der Waals surface area contributed by atoms with Gasteiger partial charge in [-0.2, -0.15) is 15.1 Å². The number of ether oxygens (including phenoxy) is 2. The highest BCUT2D eigenvalue weighted by Crippen LogP contribution is 2.29. The molecule has 0 bridgehead atoms. The third kappa shape index (κ3) is 5.39. The van der Waals surface area contributed by atoms with Crippen LogP contribution < -0.4 is 9.47 Å². The third-order valence-electron chi connectivity index (χ3n) is 5.33. The van der Waals surface area contributed by atoms with Gasteiger partial charge in [0.25, 0.3) is 5.91 Å². The molecule has 34 heavy (non-hydrogen) atoms. The van der Waals surface area contributed by atoms with Crippen LogP contribution in [0.2, 0.25) is 0 Å². The summed E-state index contributed by atoms with van der Waals surface area (Å²) in [7, 11) is 0. The Kier molecular flexibility index (Phi) is 6.88. The number of aliphatic imine (C=N–C) groups is 1. The van der Waals surface area contributed by atoms with Gasteiger partial charge >= 0.3 is 0 Å². The van der Waals surface area contributed by atoms with Crippen molar-refractivity contribution in [1.29, 1.82) is 5.41 Å². The number of nitrogens with one attached hydrogen (secondary N) is 1. The Morgan fingerprint density at radius 2 is 1.59 bits per heavy atom. The smallest absolute Gasteiger partial charge is 0.283 e. The maximum Gasteiger partial charge on any atom is 0.283 e. The van der Waals surface area contributed by atoms with E-state index < -0.39 is 5.91 Å². The molecule has 1 N–H and O–H groups in total. The molecule has 0 spiro atoms. The van der Waals surface area contributed by atoms with Crippen LogP contribution in [-0.2, 0) is 10.2 Å². The van der Waals surface area contributed by atoms with Crippen molar-refractivity contribution in [2.75, 3.05) is 13.2 Å². The van der Waals surface area contributed by atoms with Gasteiger partial charge in [-0.05, 0) is 65.1 Å². The maximum absolute atomic E-state index is 12.4. The summed E-state index contributed by atoms with van der Waals surface area (Å²) in [6.45, 7) is 9.37. The average Bonchev–Trinajstić information content (AvgIpc) is 3.23. The molecule has 0 saturated heterocycles. The van der Waals surface area contributed by atoms with Crippen LogP contribution in [0.25, 0.3) is 6.08 Å². The van der Waals surface area contributed by atoms with Gasteiger partial charge in [-0.25, -0.2) is 0 Å². The molecule has 2 heterocycles. The van der Waals surface area contributed by atoms with Crippen LogP contribution in [0.5, 0.6) is 11.5 Å². The zero-order valence-electron chi connectivity index (χ0n) is 19.8. The Hall–Kier alpha value is -3.39. The third-order valence-corrected chi connectivity index (χ3v) is 6.38. The number of benzene rings is 2. The van der Waals surface area contributed by atoms with Crippen molar-refractivity contribution >= 4 is 39.8 Å². The maximum atomic E-state index is 12.4. The fourth-order valence-corrected chi connectivity index (χ4v) is 4.20. The van der Waals surface area contributed by atoms with E-state index in [0.29, 0.717) is 24.1 Å². The molecule has 7 nitrogen and oxygen atoms in total. The van der Waals surface area contributed by atoms with E-state index in [-0.39, 0.29) is 16.8 Å². The molecule has 176 valence electrons. The number of rotatable bonds is 7. The summed E-state index contributed by atoms with van der Waals surface area (Å²) in [5.74, 6) is 1.13. The largest absolute Gasteiger partial charge is 0.490 e. The summed E-state index contributed by atoms with van der Waals surface area (Å²) in [5.41, 5.74) is 2.37. The minimum atomic E-state index is -0.427. The van der Waals surface area contributed by atoms with E-state index in [2.05, 4.69) is 43.0 Å². The second kappa shape index (κ2) is 9.85. The topological polar surface area (TPSA) is 87.3 Å². The second-order valence-corrected chi connectivity index (χ2v) is 9.95. The van der Waals surface area contributed by atoms with E-state index in [1.165, 1.54) is 22.3 Å². The first-order valence-electron chi connectivity index (χ1n) is 11.2. The number of hydrogen-bond acceptors (Lipinski definition) is 6. The summed E-state index contributed by atoms with van der Waals surface area (Å²) >= 11 is 1.33. The lowest BCUT2D eigenvalue weighted by Gasteiger charge is -2.20. The molecule has 0 atom stereocenters. The zero-order chi connectivity index (χ0) is 24.3. The second-order valence-electron chi connectivity index (χ2n) is 8.91. The van der Waals surface area contributed by atoms with Gasteiger partial charge < -0.3 is 9.47 Å². The molecular weight excluding hydrogens is 448 g/mol. The molecule has 0 aliphatic carbocycles. The lowest BCUT2D eigenvalue weighted by molar-refractivity contribution is -0.114. The first-order chi connectivity index (χ1) is 16.2. The standard InChI is InChI=1S/C26H28N4O3S/c1-5-22-29-30-23(27)21(24(31)28-25(30)34-22)16-17-6-10-19(11-7-17)32-14-15-33-20-12-8-18(9-13-20)26(2,3)4/h6-13,16,27H,5,14-15H2,1-4H3. The normalized spacial score (nSPS) is 16.9. The number of hydrogen-bond donors (Lipinski definition) is 1. The number of fused-ring (bicyclic) bond motifs is 1. The number of amidine groups is 2. The van der Waals surface area contributed by atoms with Crippen LogP contribution >= 0.6 is 11.8 Å². The molecule has 2 aliphatic rings. The van der Waals surface area contributed by atoms with Gasteiger partial charge in [0.15, 0.2) is 5.84 Å². The average molecular weight is 477 g/mol. The van der Waals surface area contributed by atoms with Crippen LogP contribution in [-0.4, -0.2) is 40.2 Å². The lowest BCUT2D eigenvalue weighted by Crippen LogP contribution is -2.35. The summed E-state index contributed by atoms with van der Waals surface area (Å²) in [5, 5.41) is 15.4. The molecule has 0 unspecified atom stereocenters. The molecule has 0 fully saturated rings. The molecule has 4 rings (SSSR count). The molecular formula is C26H28N4O3S. The van der Waals surface area contributed by atoms with E-state index in [9.17, 15) is 4.79 Å². The van der Waals surface area contributed by atoms with Gasteiger partial charge in [0, 0.05) is 0 Å². The Morgan fingerprint density at radius 1 is 1.00 bits per heavy atom. The summed E-state index contributed by atoms with van der Waals surface area (Å²) in [4.78, 5) is 16.5. The van der Waals surface area contributed by atoms with E-state index in [0.717, 1.165) is 22.8 Å². The van der Waals surface area contributed by atoms with E-state index >= 15 is 0 Å².